The van der Waals surface area contributed by atoms with Crippen LogP contribution >= 0.6 is 11.6 Å². The van der Waals surface area contributed by atoms with E-state index in [0.29, 0.717) is 42.9 Å². The molecule has 1 atom stereocenters. The summed E-state index contributed by atoms with van der Waals surface area (Å²) in [5, 5.41) is 6.03. The maximum atomic E-state index is 13.5. The molecule has 3 aromatic rings. The van der Waals surface area contributed by atoms with Crippen LogP contribution in [0.3, 0.4) is 0 Å². The van der Waals surface area contributed by atoms with Gasteiger partial charge in [-0.2, -0.15) is 18.3 Å². The molecule has 6 nitrogen and oxygen atoms in total. The topological polar surface area (TPSA) is 66.8 Å². The molecule has 1 aliphatic rings. The first-order valence-corrected chi connectivity index (χ1v) is 9.43. The summed E-state index contributed by atoms with van der Waals surface area (Å²) in [6.45, 7) is 2.84. The number of nitrogens with zero attached hydrogens (tertiary/aromatic N) is 4. The summed E-state index contributed by atoms with van der Waals surface area (Å²) in [4.78, 5) is 17.9. The number of aromatic nitrogens is 4. The number of hydrogen-bond donors (Lipinski definition) is 1. The number of aromatic amines is 1. The van der Waals surface area contributed by atoms with Crippen molar-refractivity contribution in [2.45, 2.75) is 32.1 Å². The van der Waals surface area contributed by atoms with E-state index in [4.69, 9.17) is 11.6 Å². The number of hydrogen-bond acceptors (Lipinski definition) is 4. The molecule has 30 heavy (non-hydrogen) atoms. The maximum absolute atomic E-state index is 13.5. The number of rotatable bonds is 3. The van der Waals surface area contributed by atoms with E-state index < -0.39 is 29.0 Å². The van der Waals surface area contributed by atoms with Crippen LogP contribution in [0.2, 0.25) is 5.02 Å². The molecule has 2 aromatic heterocycles. The van der Waals surface area contributed by atoms with Crippen molar-refractivity contribution in [3.8, 4) is 0 Å². The molecule has 0 radical (unpaired) electrons. The van der Waals surface area contributed by atoms with E-state index in [1.807, 2.05) is 9.47 Å². The van der Waals surface area contributed by atoms with E-state index in [2.05, 4.69) is 15.2 Å². The van der Waals surface area contributed by atoms with E-state index in [-0.39, 0.29) is 10.6 Å². The molecule has 0 saturated carbocycles. The number of H-pyrrole nitrogens is 1. The lowest BCUT2D eigenvalue weighted by molar-refractivity contribution is -0.138. The lowest BCUT2D eigenvalue weighted by Crippen LogP contribution is -2.35. The fraction of sp³-hybridized carbons (Fsp3) is 0.316. The second kappa shape index (κ2) is 7.42. The average molecular weight is 442 g/mol. The summed E-state index contributed by atoms with van der Waals surface area (Å²) in [6.07, 6.45) is -1.69. The average Bonchev–Trinajstić information content (AvgIpc) is 3.12. The number of anilines is 1. The first-order chi connectivity index (χ1) is 14.2. The van der Waals surface area contributed by atoms with Crippen molar-refractivity contribution in [3.63, 3.8) is 0 Å². The first-order valence-electron chi connectivity index (χ1n) is 9.06. The molecule has 158 valence electrons. The maximum Gasteiger partial charge on any atom is 0.416 e. The highest BCUT2D eigenvalue weighted by atomic mass is 35.5. The van der Waals surface area contributed by atoms with Crippen LogP contribution in [0, 0.1) is 5.82 Å². The van der Waals surface area contributed by atoms with Gasteiger partial charge in [-0.3, -0.25) is 4.79 Å². The smallest absolute Gasteiger partial charge is 0.360 e. The molecule has 0 spiro atoms. The Balaban J connectivity index is 1.67. The van der Waals surface area contributed by atoms with Crippen LogP contribution in [0.5, 0.6) is 0 Å². The van der Waals surface area contributed by atoms with Crippen molar-refractivity contribution in [1.29, 1.82) is 0 Å². The monoisotopic (exact) mass is 441 g/mol. The molecule has 1 aromatic carbocycles. The fourth-order valence-corrected chi connectivity index (χ4v) is 3.95. The molecule has 3 heterocycles. The fourth-order valence-electron chi connectivity index (χ4n) is 3.74. The van der Waals surface area contributed by atoms with Crippen LogP contribution in [0.25, 0.3) is 0 Å². The Morgan fingerprint density at radius 3 is 2.73 bits per heavy atom. The largest absolute Gasteiger partial charge is 0.416 e. The normalized spacial score (nSPS) is 15.2. The van der Waals surface area contributed by atoms with E-state index in [0.717, 1.165) is 6.07 Å². The highest BCUT2D eigenvalue weighted by Gasteiger charge is 2.36. The molecular weight excluding hydrogens is 426 g/mol. The molecule has 1 unspecified atom stereocenters. The van der Waals surface area contributed by atoms with Gasteiger partial charge in [-0.25, -0.2) is 14.5 Å². The van der Waals surface area contributed by atoms with Gasteiger partial charge >= 0.3 is 6.18 Å². The summed E-state index contributed by atoms with van der Waals surface area (Å²) >= 11 is 6.07. The summed E-state index contributed by atoms with van der Waals surface area (Å²) in [6, 6.07) is 2.71. The van der Waals surface area contributed by atoms with E-state index in [9.17, 15) is 22.4 Å². The quantitative estimate of drug-likeness (QED) is 0.625. The van der Waals surface area contributed by atoms with E-state index in [1.165, 1.54) is 18.5 Å². The highest BCUT2D eigenvalue weighted by molar-refractivity contribution is 6.32. The number of halogens is 5. The van der Waals surface area contributed by atoms with Gasteiger partial charge in [0, 0.05) is 30.9 Å². The van der Waals surface area contributed by atoms with Gasteiger partial charge in [0.05, 0.1) is 24.0 Å². The lowest BCUT2D eigenvalue weighted by atomic mass is 9.92. The summed E-state index contributed by atoms with van der Waals surface area (Å²) in [5.74, 6) is -0.970. The summed E-state index contributed by atoms with van der Waals surface area (Å²) in [7, 11) is 0. The Kier molecular flexibility index (Phi) is 5.05. The van der Waals surface area contributed by atoms with Crippen molar-refractivity contribution in [2.24, 2.45) is 0 Å². The predicted molar refractivity (Wildman–Crippen MR) is 102 cm³/mol. The molecule has 0 bridgehead atoms. The van der Waals surface area contributed by atoms with Gasteiger partial charge in [-0.15, -0.1) is 0 Å². The summed E-state index contributed by atoms with van der Waals surface area (Å²) < 4.78 is 55.6. The van der Waals surface area contributed by atoms with Gasteiger partial charge in [-0.05, 0) is 17.7 Å². The van der Waals surface area contributed by atoms with Crippen LogP contribution in [0.4, 0.5) is 23.2 Å². The van der Waals surface area contributed by atoms with Crippen LogP contribution in [-0.2, 0) is 19.3 Å². The Labute approximate surface area is 173 Å². The third-order valence-electron chi connectivity index (χ3n) is 5.24. The molecule has 1 N–H and O–H groups in total. The van der Waals surface area contributed by atoms with Crippen molar-refractivity contribution in [3.05, 3.63) is 74.4 Å². The highest BCUT2D eigenvalue weighted by Crippen LogP contribution is 2.38. The van der Waals surface area contributed by atoms with Gasteiger partial charge in [0.2, 0.25) is 0 Å². The Morgan fingerprint density at radius 2 is 2.00 bits per heavy atom. The predicted octanol–water partition coefficient (Wildman–Crippen LogP) is 3.95. The molecule has 0 fully saturated rings. The van der Waals surface area contributed by atoms with Gasteiger partial charge in [0.1, 0.15) is 16.7 Å². The van der Waals surface area contributed by atoms with E-state index in [1.54, 1.807) is 6.92 Å². The third-order valence-corrected chi connectivity index (χ3v) is 5.61. The van der Waals surface area contributed by atoms with Crippen LogP contribution in [0.15, 0.2) is 35.4 Å². The Hall–Kier alpha value is -2.88. The number of fused-ring (bicyclic) bond motifs is 1. The Bertz CT molecular complexity index is 1160. The molecule has 0 amide bonds. The molecule has 0 saturated heterocycles. The number of nitrogens with one attached hydrogen (secondary N) is 1. The van der Waals surface area contributed by atoms with Crippen molar-refractivity contribution >= 4 is 17.3 Å². The minimum absolute atomic E-state index is 0.0136. The van der Waals surface area contributed by atoms with Crippen molar-refractivity contribution < 1.29 is 17.6 Å². The van der Waals surface area contributed by atoms with Crippen molar-refractivity contribution in [1.82, 2.24) is 19.7 Å². The van der Waals surface area contributed by atoms with Gasteiger partial charge in [-0.1, -0.05) is 24.6 Å². The molecule has 4 rings (SSSR count). The lowest BCUT2D eigenvalue weighted by Gasteiger charge is -2.31. The molecule has 11 heteroatoms. The number of benzene rings is 1. The summed E-state index contributed by atoms with van der Waals surface area (Å²) in [5.41, 5.74) is -0.465. The first kappa shape index (κ1) is 20.4. The van der Waals surface area contributed by atoms with Crippen LogP contribution < -0.4 is 10.5 Å². The van der Waals surface area contributed by atoms with Crippen LogP contribution in [-0.4, -0.2) is 26.3 Å². The molecule has 1 aliphatic heterocycles. The minimum atomic E-state index is -4.67. The minimum Gasteiger partial charge on any atom is -0.360 e. The van der Waals surface area contributed by atoms with E-state index >= 15 is 0 Å². The van der Waals surface area contributed by atoms with Crippen LogP contribution in [0.1, 0.15) is 35.5 Å². The third kappa shape index (κ3) is 3.55. The number of alkyl halides is 3. The zero-order valence-electron chi connectivity index (χ0n) is 15.7. The van der Waals surface area contributed by atoms with Gasteiger partial charge in [0.25, 0.3) is 5.56 Å². The Morgan fingerprint density at radius 1 is 1.23 bits per heavy atom. The zero-order valence-corrected chi connectivity index (χ0v) is 16.4. The van der Waals surface area contributed by atoms with Gasteiger partial charge < -0.3 is 9.47 Å². The zero-order chi connectivity index (χ0) is 21.6. The second-order valence-electron chi connectivity index (χ2n) is 7.02. The standard InChI is InChI=1S/C19H16ClF4N5O/c1-10(12-3-2-11(21)6-13(12)19(22,23)24)14-7-25-16-9-28(4-5-29(14)16)15-8-26-27-18(30)17(15)20/h2-3,6-8,10H,4-5,9H2,1H3,(H,27,30). The SMILES string of the molecule is CC(c1ccc(F)cc1C(F)(F)F)c1cnc2n1CCN(c1cn[nH]c(=O)c1Cl)C2. The van der Waals surface area contributed by atoms with Crippen molar-refractivity contribution in [2.75, 3.05) is 11.4 Å². The number of imidazole rings is 1. The second-order valence-corrected chi connectivity index (χ2v) is 7.40. The molecular formula is C19H16ClF4N5O. The van der Waals surface area contributed by atoms with Gasteiger partial charge in [0.15, 0.2) is 0 Å². The molecule has 0 aliphatic carbocycles.